The minimum absolute atomic E-state index is 1.32. The molecule has 12 heavy (non-hydrogen) atoms. The van der Waals surface area contributed by atoms with E-state index in [2.05, 4.69) is 0 Å². The Morgan fingerprint density at radius 1 is 0.833 bits per heavy atom. The molecule has 0 aromatic rings. The van der Waals surface area contributed by atoms with Gasteiger partial charge in [0.1, 0.15) is 0 Å². The van der Waals surface area contributed by atoms with Crippen LogP contribution in [0, 0.1) is 0 Å². The Morgan fingerprint density at radius 2 is 1.08 bits per heavy atom. The van der Waals surface area contributed by atoms with Crippen molar-refractivity contribution in [3.8, 4) is 0 Å². The van der Waals surface area contributed by atoms with E-state index in [9.17, 15) is 10.2 Å². The van der Waals surface area contributed by atoms with E-state index in [-0.39, 0.29) is 0 Å². The molecule has 68 valence electrons. The molecular weight excluding hydrogens is 160 g/mol. The summed E-state index contributed by atoms with van der Waals surface area (Å²) >= 11 is 0. The number of ether oxygens (including phenoxy) is 2. The zero-order chi connectivity index (χ0) is 9.24. The summed E-state index contributed by atoms with van der Waals surface area (Å²) in [5, 5.41) is 18.9. The standard InChI is InChI=1S/C8H12O4/c1-11-7(9)3-5-8(10,12-2)6-4-7/h3-6,9-10H,1-2H3. The van der Waals surface area contributed by atoms with Crippen molar-refractivity contribution in [3.05, 3.63) is 24.3 Å². The summed E-state index contributed by atoms with van der Waals surface area (Å²) in [7, 11) is 2.73. The average Bonchev–Trinajstić information content (AvgIpc) is 2.11. The third-order valence-electron chi connectivity index (χ3n) is 1.78. The summed E-state index contributed by atoms with van der Waals surface area (Å²) < 4.78 is 9.46. The quantitative estimate of drug-likeness (QED) is 0.446. The van der Waals surface area contributed by atoms with Crippen molar-refractivity contribution < 1.29 is 19.7 Å². The van der Waals surface area contributed by atoms with Gasteiger partial charge in [-0.3, -0.25) is 0 Å². The maximum atomic E-state index is 9.45. The van der Waals surface area contributed by atoms with E-state index in [0.717, 1.165) is 0 Å². The lowest BCUT2D eigenvalue weighted by Crippen LogP contribution is -2.35. The highest BCUT2D eigenvalue weighted by Gasteiger charge is 2.30. The summed E-state index contributed by atoms with van der Waals surface area (Å²) in [6, 6.07) is 0. The van der Waals surface area contributed by atoms with E-state index < -0.39 is 11.6 Å². The SMILES string of the molecule is COC1(O)C=CC(O)(OC)C=C1. The van der Waals surface area contributed by atoms with Gasteiger partial charge in [-0.15, -0.1) is 0 Å². The highest BCUT2D eigenvalue weighted by atomic mass is 16.6. The fourth-order valence-corrected chi connectivity index (χ4v) is 0.861. The smallest absolute Gasteiger partial charge is 0.205 e. The monoisotopic (exact) mass is 172 g/mol. The zero-order valence-corrected chi connectivity index (χ0v) is 7.02. The molecule has 4 heteroatoms. The van der Waals surface area contributed by atoms with Crippen LogP contribution in [-0.2, 0) is 9.47 Å². The van der Waals surface area contributed by atoms with E-state index in [0.29, 0.717) is 0 Å². The van der Waals surface area contributed by atoms with Gasteiger partial charge in [0, 0.05) is 14.2 Å². The largest absolute Gasteiger partial charge is 0.359 e. The summed E-state index contributed by atoms with van der Waals surface area (Å²) in [5.74, 6) is -2.85. The summed E-state index contributed by atoms with van der Waals surface area (Å²) in [5.41, 5.74) is 0. The Morgan fingerprint density at radius 3 is 1.25 bits per heavy atom. The number of methoxy groups -OCH3 is 2. The predicted molar refractivity (Wildman–Crippen MR) is 42.2 cm³/mol. The molecule has 0 aliphatic heterocycles. The van der Waals surface area contributed by atoms with Crippen LogP contribution in [0.5, 0.6) is 0 Å². The highest BCUT2D eigenvalue weighted by Crippen LogP contribution is 2.22. The van der Waals surface area contributed by atoms with Crippen molar-refractivity contribution >= 4 is 0 Å². The third kappa shape index (κ3) is 1.73. The lowest BCUT2D eigenvalue weighted by atomic mass is 10.1. The Hall–Kier alpha value is -0.680. The molecule has 0 spiro atoms. The van der Waals surface area contributed by atoms with Crippen LogP contribution in [0.25, 0.3) is 0 Å². The van der Waals surface area contributed by atoms with Crippen molar-refractivity contribution in [3.63, 3.8) is 0 Å². The fraction of sp³-hybridized carbons (Fsp3) is 0.500. The maximum absolute atomic E-state index is 9.45. The molecule has 0 saturated carbocycles. The summed E-state index contributed by atoms with van der Waals surface area (Å²) in [6.45, 7) is 0. The first-order chi connectivity index (χ1) is 5.54. The van der Waals surface area contributed by atoms with Gasteiger partial charge in [-0.2, -0.15) is 0 Å². The van der Waals surface area contributed by atoms with Crippen LogP contribution in [0.2, 0.25) is 0 Å². The van der Waals surface area contributed by atoms with Gasteiger partial charge in [0.25, 0.3) is 0 Å². The molecule has 2 N–H and O–H groups in total. The Balaban J connectivity index is 2.79. The van der Waals surface area contributed by atoms with E-state index in [1.54, 1.807) is 0 Å². The number of aliphatic hydroxyl groups is 2. The molecule has 0 radical (unpaired) electrons. The molecule has 0 bridgehead atoms. The molecule has 0 unspecified atom stereocenters. The molecule has 1 aliphatic carbocycles. The first kappa shape index (κ1) is 9.41. The normalized spacial score (nSPS) is 40.3. The Labute approximate surface area is 70.7 Å². The van der Waals surface area contributed by atoms with Crippen LogP contribution in [0.15, 0.2) is 24.3 Å². The highest BCUT2D eigenvalue weighted by molar-refractivity contribution is 5.23. The van der Waals surface area contributed by atoms with Crippen molar-refractivity contribution in [2.45, 2.75) is 11.6 Å². The minimum Gasteiger partial charge on any atom is -0.359 e. The molecule has 4 nitrogen and oxygen atoms in total. The van der Waals surface area contributed by atoms with Gasteiger partial charge in [0.05, 0.1) is 0 Å². The van der Waals surface area contributed by atoms with Crippen LogP contribution >= 0.6 is 0 Å². The van der Waals surface area contributed by atoms with Crippen LogP contribution in [0.3, 0.4) is 0 Å². The molecule has 0 amide bonds. The molecular formula is C8H12O4. The second-order valence-corrected chi connectivity index (χ2v) is 2.58. The molecule has 0 aromatic carbocycles. The second kappa shape index (κ2) is 2.99. The van der Waals surface area contributed by atoms with E-state index in [1.807, 2.05) is 0 Å². The van der Waals surface area contributed by atoms with Crippen molar-refractivity contribution in [2.24, 2.45) is 0 Å². The molecule has 0 heterocycles. The minimum atomic E-state index is -1.43. The average molecular weight is 172 g/mol. The molecule has 1 aliphatic rings. The molecule has 0 atom stereocenters. The topological polar surface area (TPSA) is 58.9 Å². The second-order valence-electron chi connectivity index (χ2n) is 2.58. The fourth-order valence-electron chi connectivity index (χ4n) is 0.861. The summed E-state index contributed by atoms with van der Waals surface area (Å²) in [6.07, 6.45) is 5.26. The molecule has 0 fully saturated rings. The van der Waals surface area contributed by atoms with Gasteiger partial charge in [-0.05, 0) is 24.3 Å². The van der Waals surface area contributed by atoms with Gasteiger partial charge in [-0.25, -0.2) is 0 Å². The number of hydrogen-bond donors (Lipinski definition) is 2. The van der Waals surface area contributed by atoms with E-state index in [4.69, 9.17) is 9.47 Å². The van der Waals surface area contributed by atoms with Crippen molar-refractivity contribution in [2.75, 3.05) is 14.2 Å². The van der Waals surface area contributed by atoms with Crippen LogP contribution < -0.4 is 0 Å². The first-order valence-electron chi connectivity index (χ1n) is 3.49. The van der Waals surface area contributed by atoms with Crippen molar-refractivity contribution in [1.82, 2.24) is 0 Å². The molecule has 1 rings (SSSR count). The Kier molecular flexibility index (Phi) is 2.34. The van der Waals surface area contributed by atoms with Crippen molar-refractivity contribution in [1.29, 1.82) is 0 Å². The number of hydrogen-bond acceptors (Lipinski definition) is 4. The maximum Gasteiger partial charge on any atom is 0.205 e. The Bertz CT molecular complexity index is 183. The van der Waals surface area contributed by atoms with Gasteiger partial charge in [0.2, 0.25) is 11.6 Å². The van der Waals surface area contributed by atoms with Crippen LogP contribution in [0.4, 0.5) is 0 Å². The third-order valence-corrected chi connectivity index (χ3v) is 1.78. The molecule has 0 saturated heterocycles. The van der Waals surface area contributed by atoms with Gasteiger partial charge in [0.15, 0.2) is 0 Å². The van der Waals surface area contributed by atoms with Crippen LogP contribution in [0.1, 0.15) is 0 Å². The lowest BCUT2D eigenvalue weighted by molar-refractivity contribution is -0.135. The summed E-state index contributed by atoms with van der Waals surface area (Å²) in [4.78, 5) is 0. The van der Waals surface area contributed by atoms with Gasteiger partial charge >= 0.3 is 0 Å². The zero-order valence-electron chi connectivity index (χ0n) is 7.02. The van der Waals surface area contributed by atoms with Crippen LogP contribution in [-0.4, -0.2) is 36.0 Å². The van der Waals surface area contributed by atoms with E-state index in [1.165, 1.54) is 38.5 Å². The molecule has 0 aromatic heterocycles. The van der Waals surface area contributed by atoms with Gasteiger partial charge < -0.3 is 19.7 Å². The first-order valence-corrected chi connectivity index (χ1v) is 3.49. The van der Waals surface area contributed by atoms with Gasteiger partial charge in [-0.1, -0.05) is 0 Å². The predicted octanol–water partition coefficient (Wildman–Crippen LogP) is -0.218. The van der Waals surface area contributed by atoms with E-state index >= 15 is 0 Å². The lowest BCUT2D eigenvalue weighted by Gasteiger charge is -2.27. The number of rotatable bonds is 2.